The molecular weight excluding hydrogens is 868 g/mol. The molecule has 0 saturated carbocycles. The minimum Gasteiger partial charge on any atom is -0.481 e. The number of nitrogens with one attached hydrogen (secondary N) is 2. The second-order valence-corrected chi connectivity index (χ2v) is 16.7. The zero-order chi connectivity index (χ0) is 47.5. The molecule has 3 rings (SSSR count). The zero-order valence-electron chi connectivity index (χ0n) is 37.7. The lowest BCUT2D eigenvalue weighted by Gasteiger charge is -2.11. The van der Waals surface area contributed by atoms with Gasteiger partial charge in [0.2, 0.25) is 5.95 Å². The third kappa shape index (κ3) is 27.1. The molecule has 0 spiro atoms. The van der Waals surface area contributed by atoms with Crippen LogP contribution in [0.25, 0.3) is 0 Å². The summed E-state index contributed by atoms with van der Waals surface area (Å²) in [4.78, 5) is 51.8. The van der Waals surface area contributed by atoms with Gasteiger partial charge in [-0.3, -0.25) is 14.4 Å². The highest BCUT2D eigenvalue weighted by atomic mass is 32.2. The lowest BCUT2D eigenvalue weighted by molar-refractivity contribution is -0.142. The van der Waals surface area contributed by atoms with Crippen molar-refractivity contribution in [2.75, 3.05) is 64.6 Å². The molecule has 0 unspecified atom stereocenters. The summed E-state index contributed by atoms with van der Waals surface area (Å²) in [6, 6.07) is 10.4. The largest absolute Gasteiger partial charge is 0.481 e. The highest BCUT2D eigenvalue weighted by Crippen LogP contribution is 2.26. The number of unbranched alkanes of at least 4 members (excludes halogenated alkanes) is 10. The number of carbonyl (C=O) groups is 4. The number of carboxylic acids is 2. The number of anilines is 1. The van der Waals surface area contributed by atoms with Gasteiger partial charge in [0, 0.05) is 52.1 Å². The second-order valence-electron chi connectivity index (χ2n) is 15.0. The number of amides is 1. The maximum absolute atomic E-state index is 14.5. The lowest BCUT2D eigenvalue weighted by atomic mass is 10.0. The molecule has 0 fully saturated rings. The highest BCUT2D eigenvalue weighted by molar-refractivity contribution is 7.92. The number of ether oxygens (including phenoxy) is 5. The summed E-state index contributed by atoms with van der Waals surface area (Å²) in [5.74, 6) is -1.66. The van der Waals surface area contributed by atoms with Crippen molar-refractivity contribution < 1.29 is 65.9 Å². The molecule has 3 aromatic rings. The van der Waals surface area contributed by atoms with E-state index in [0.29, 0.717) is 69.3 Å². The minimum atomic E-state index is -4.01. The summed E-state index contributed by atoms with van der Waals surface area (Å²) < 4.78 is 68.3. The number of rotatable bonds is 36. The Morgan fingerprint density at radius 1 is 0.677 bits per heavy atom. The number of aromatic nitrogens is 2. The van der Waals surface area contributed by atoms with Gasteiger partial charge in [0.25, 0.3) is 15.9 Å². The molecule has 0 bridgehead atoms. The van der Waals surface area contributed by atoms with Crippen molar-refractivity contribution in [1.29, 1.82) is 0 Å². The maximum Gasteiger partial charge on any atom is 0.329 e. The van der Waals surface area contributed by atoms with Crippen LogP contribution < -0.4 is 14.8 Å². The smallest absolute Gasteiger partial charge is 0.329 e. The molecule has 1 aromatic heterocycles. The fraction of sp³-hybridized carbons (Fsp3) is 0.565. The predicted octanol–water partition coefficient (Wildman–Crippen LogP) is 7.77. The third-order valence-electron chi connectivity index (χ3n) is 9.41. The monoisotopic (exact) mass is 934 g/mol. The van der Waals surface area contributed by atoms with E-state index in [-0.39, 0.29) is 54.2 Å². The fourth-order valence-corrected chi connectivity index (χ4v) is 6.97. The summed E-state index contributed by atoms with van der Waals surface area (Å²) in [5.41, 5.74) is 0.754. The van der Waals surface area contributed by atoms with Crippen LogP contribution in [-0.2, 0) is 49.8 Å². The van der Waals surface area contributed by atoms with Crippen molar-refractivity contribution in [2.45, 2.75) is 115 Å². The summed E-state index contributed by atoms with van der Waals surface area (Å²) >= 11 is 0. The molecule has 17 nitrogen and oxygen atoms in total. The molecule has 4 N–H and O–H groups in total. The van der Waals surface area contributed by atoms with Crippen LogP contribution in [-0.4, -0.2) is 112 Å². The van der Waals surface area contributed by atoms with Crippen molar-refractivity contribution in [3.05, 3.63) is 71.8 Å². The van der Waals surface area contributed by atoms with Crippen LogP contribution in [0.3, 0.4) is 0 Å². The number of carboxylic acid groups (broad SMARTS) is 2. The Labute approximate surface area is 382 Å². The van der Waals surface area contributed by atoms with Gasteiger partial charge in [-0.25, -0.2) is 32.3 Å². The standard InChI is InChI=1S/C34H45FN4O7S.C12H22O6/c1-45-22-21-36-33(42)27-24-37-34(38-25-27)39-47(43,44)30-18-15-28(16-19-30)46-29-17-20-31(35)26(23-29)13-11-9-7-5-3-2-4-6-8-10-12-14-32(40)41;1-2-5-17-9-11(13)4-3-6-16-7-8-18-10-12(14)15/h15-20,23-25H,2-14,21-22H2,1H3,(H,36,42)(H,40,41)(H,37,38,39);2-10H2,1H3,(H,14,15). The first-order chi connectivity index (χ1) is 31.3. The van der Waals surface area contributed by atoms with Crippen LogP contribution in [0.4, 0.5) is 10.3 Å². The summed E-state index contributed by atoms with van der Waals surface area (Å²) in [6.07, 6.45) is 17.0. The van der Waals surface area contributed by atoms with Gasteiger partial charge < -0.3 is 39.2 Å². The molecule has 2 aromatic carbocycles. The van der Waals surface area contributed by atoms with E-state index in [2.05, 4.69) is 20.0 Å². The van der Waals surface area contributed by atoms with Crippen LogP contribution in [0.1, 0.15) is 119 Å². The number of nitrogens with zero attached hydrogens (tertiary/aromatic N) is 2. The number of carbonyl (C=O) groups excluding carboxylic acids is 2. The molecule has 19 heteroatoms. The Kier molecular flexibility index (Phi) is 29.6. The van der Waals surface area contributed by atoms with Crippen molar-refractivity contribution in [3.63, 3.8) is 0 Å². The van der Waals surface area contributed by atoms with E-state index >= 15 is 0 Å². The quantitative estimate of drug-likeness (QED) is 0.0407. The van der Waals surface area contributed by atoms with Crippen molar-refractivity contribution in [1.82, 2.24) is 15.3 Å². The number of aryl methyl sites for hydroxylation is 1. The van der Waals surface area contributed by atoms with Crippen molar-refractivity contribution in [3.8, 4) is 11.5 Å². The second kappa shape index (κ2) is 34.3. The number of hydrogen-bond acceptors (Lipinski definition) is 13. The number of halogens is 1. The molecule has 65 heavy (non-hydrogen) atoms. The normalized spacial score (nSPS) is 11.1. The first-order valence-corrected chi connectivity index (χ1v) is 23.7. The molecular formula is C46H67FN4O13S. The summed E-state index contributed by atoms with van der Waals surface area (Å²) in [6.45, 7) is 4.20. The average Bonchev–Trinajstić information content (AvgIpc) is 3.27. The van der Waals surface area contributed by atoms with Crippen LogP contribution in [0.15, 0.2) is 59.8 Å². The van der Waals surface area contributed by atoms with E-state index in [1.807, 2.05) is 6.92 Å². The number of benzene rings is 2. The fourth-order valence-electron chi connectivity index (χ4n) is 6.01. The number of ketones is 1. The van der Waals surface area contributed by atoms with Gasteiger partial charge >= 0.3 is 11.9 Å². The Hall–Kier alpha value is -5.08. The summed E-state index contributed by atoms with van der Waals surface area (Å²) in [7, 11) is -2.49. The van der Waals surface area contributed by atoms with Gasteiger partial charge in [-0.1, -0.05) is 64.7 Å². The van der Waals surface area contributed by atoms with E-state index < -0.39 is 27.9 Å². The van der Waals surface area contributed by atoms with Crippen LogP contribution in [0.2, 0.25) is 0 Å². The van der Waals surface area contributed by atoms with E-state index in [4.69, 9.17) is 33.9 Å². The molecule has 0 saturated heterocycles. The highest BCUT2D eigenvalue weighted by Gasteiger charge is 2.17. The Bertz CT molecular complexity index is 1920. The maximum atomic E-state index is 14.5. The van der Waals surface area contributed by atoms with Gasteiger partial charge in [-0.05, 0) is 80.1 Å². The number of hydrogen-bond donors (Lipinski definition) is 4. The molecule has 0 aliphatic rings. The molecule has 1 amide bonds. The van der Waals surface area contributed by atoms with E-state index in [1.54, 1.807) is 6.07 Å². The van der Waals surface area contributed by atoms with Crippen LogP contribution in [0, 0.1) is 5.82 Å². The topological polar surface area (TPSA) is 239 Å². The summed E-state index contributed by atoms with van der Waals surface area (Å²) in [5, 5.41) is 19.6. The number of aliphatic carboxylic acids is 2. The first kappa shape index (κ1) is 56.1. The molecule has 0 aliphatic heterocycles. The molecule has 0 aliphatic carbocycles. The van der Waals surface area contributed by atoms with Gasteiger partial charge in [0.15, 0.2) is 5.78 Å². The number of sulfonamides is 1. The van der Waals surface area contributed by atoms with E-state index in [1.165, 1.54) is 75.2 Å². The predicted molar refractivity (Wildman–Crippen MR) is 241 cm³/mol. The Morgan fingerprint density at radius 2 is 1.28 bits per heavy atom. The SMILES string of the molecule is CCCOCC(=O)CCCOCCOCC(=O)O.COCCNC(=O)c1cnc(NS(=O)(=O)c2ccc(Oc3ccc(F)c(CCCCCCCCCCCCCC(=O)O)c3)cc2)nc1. The van der Waals surface area contributed by atoms with E-state index in [0.717, 1.165) is 57.8 Å². The van der Waals surface area contributed by atoms with Gasteiger partial charge in [-0.2, -0.15) is 0 Å². The molecule has 362 valence electrons. The molecule has 0 radical (unpaired) electrons. The molecule has 0 atom stereocenters. The first-order valence-electron chi connectivity index (χ1n) is 22.2. The Morgan fingerprint density at radius 3 is 1.89 bits per heavy atom. The minimum absolute atomic E-state index is 0.0392. The van der Waals surface area contributed by atoms with Crippen molar-refractivity contribution >= 4 is 39.6 Å². The Balaban J connectivity index is 0.000000678. The zero-order valence-corrected chi connectivity index (χ0v) is 38.5. The third-order valence-corrected chi connectivity index (χ3v) is 10.8. The van der Waals surface area contributed by atoms with Gasteiger partial charge in [0.05, 0.1) is 30.3 Å². The molecule has 1 heterocycles. The van der Waals surface area contributed by atoms with Crippen LogP contribution in [0.5, 0.6) is 11.5 Å². The van der Waals surface area contributed by atoms with Crippen LogP contribution >= 0.6 is 0 Å². The lowest BCUT2D eigenvalue weighted by Crippen LogP contribution is -2.27. The van der Waals surface area contributed by atoms with Crippen molar-refractivity contribution in [2.24, 2.45) is 0 Å². The average molecular weight is 935 g/mol. The number of Topliss-reactive ketones (excluding diaryl/α,β-unsaturated/α-hetero) is 1. The van der Waals surface area contributed by atoms with Gasteiger partial charge in [0.1, 0.15) is 30.5 Å². The van der Waals surface area contributed by atoms with E-state index in [9.17, 15) is 32.0 Å². The number of methoxy groups -OCH3 is 1. The van der Waals surface area contributed by atoms with Gasteiger partial charge in [-0.15, -0.1) is 0 Å².